The highest BCUT2D eigenvalue weighted by Crippen LogP contribution is 2.18. The van der Waals surface area contributed by atoms with Gasteiger partial charge in [0, 0.05) is 5.41 Å². The van der Waals surface area contributed by atoms with Crippen molar-refractivity contribution >= 4 is 23.6 Å². The molecule has 6 nitrogen and oxygen atoms in total. The van der Waals surface area contributed by atoms with Gasteiger partial charge < -0.3 is 0 Å². The number of thioether (sulfide) groups is 1. The molecule has 0 aliphatic heterocycles. The van der Waals surface area contributed by atoms with Gasteiger partial charge in [0.25, 0.3) is 11.8 Å². The fourth-order valence-electron chi connectivity index (χ4n) is 1.45. The van der Waals surface area contributed by atoms with Crippen LogP contribution in [0.1, 0.15) is 26.5 Å². The molecular formula is C14H19N4O2S+. The standard InChI is InChI=1S/C14H19N4O2S/c1-7-11(19)18(12(20)8-2)17-9-10(14(3,4)5)15-16-13(17)21-6/h7-9H,1-2H2,3-6H3/q+1. The minimum absolute atomic E-state index is 0.272. The molecule has 0 unspecified atom stereocenters. The molecule has 0 saturated carbocycles. The molecule has 21 heavy (non-hydrogen) atoms. The first-order valence-corrected chi connectivity index (χ1v) is 7.45. The number of hydrogen-bond donors (Lipinski definition) is 0. The summed E-state index contributed by atoms with van der Waals surface area (Å²) in [7, 11) is 0. The van der Waals surface area contributed by atoms with Gasteiger partial charge in [0.15, 0.2) is 0 Å². The molecule has 0 spiro atoms. The molecule has 2 amide bonds. The van der Waals surface area contributed by atoms with Crippen molar-refractivity contribution in [1.82, 2.24) is 10.2 Å². The zero-order chi connectivity index (χ0) is 16.2. The Morgan fingerprint density at radius 3 is 2.14 bits per heavy atom. The van der Waals surface area contributed by atoms with Crippen LogP contribution < -0.4 is 9.69 Å². The van der Waals surface area contributed by atoms with Gasteiger partial charge in [-0.1, -0.05) is 38.9 Å². The van der Waals surface area contributed by atoms with Crippen LogP contribution in [0.15, 0.2) is 36.7 Å². The highest BCUT2D eigenvalue weighted by Gasteiger charge is 2.31. The lowest BCUT2D eigenvalue weighted by atomic mass is 9.93. The minimum Gasteiger partial charge on any atom is -0.266 e. The Morgan fingerprint density at radius 1 is 1.24 bits per heavy atom. The summed E-state index contributed by atoms with van der Waals surface area (Å²) in [6, 6.07) is 0. The van der Waals surface area contributed by atoms with Gasteiger partial charge in [-0.25, -0.2) is 0 Å². The number of imide groups is 1. The molecular weight excluding hydrogens is 288 g/mol. The fourth-order valence-corrected chi connectivity index (χ4v) is 1.90. The van der Waals surface area contributed by atoms with Gasteiger partial charge in [-0.15, -0.1) is 4.68 Å². The summed E-state index contributed by atoms with van der Waals surface area (Å²) in [5.41, 5.74) is 0.380. The van der Waals surface area contributed by atoms with Gasteiger partial charge in [0.05, 0.1) is 5.10 Å². The van der Waals surface area contributed by atoms with E-state index < -0.39 is 11.8 Å². The van der Waals surface area contributed by atoms with Crippen LogP contribution in [0.3, 0.4) is 0 Å². The van der Waals surface area contributed by atoms with Gasteiger partial charge in [0.1, 0.15) is 11.9 Å². The number of rotatable bonds is 4. The molecule has 1 rings (SSSR count). The van der Waals surface area contributed by atoms with E-state index in [1.807, 2.05) is 20.8 Å². The normalized spacial score (nSPS) is 10.9. The second-order valence-electron chi connectivity index (χ2n) is 5.19. The average Bonchev–Trinajstić information content (AvgIpc) is 2.45. The smallest absolute Gasteiger partial charge is 0.266 e. The number of amides is 2. The van der Waals surface area contributed by atoms with Crippen LogP contribution in [0.2, 0.25) is 0 Å². The van der Waals surface area contributed by atoms with Crippen molar-refractivity contribution in [3.8, 4) is 0 Å². The Hall–Kier alpha value is -2.02. The molecule has 0 radical (unpaired) electrons. The summed E-state index contributed by atoms with van der Waals surface area (Å²) < 4.78 is 1.38. The van der Waals surface area contributed by atoms with E-state index in [9.17, 15) is 9.59 Å². The molecule has 0 aromatic carbocycles. The van der Waals surface area contributed by atoms with E-state index >= 15 is 0 Å². The number of nitrogens with zero attached hydrogens (tertiary/aromatic N) is 4. The minimum atomic E-state index is -0.562. The van der Waals surface area contributed by atoms with Crippen molar-refractivity contribution in [3.63, 3.8) is 0 Å². The lowest BCUT2D eigenvalue weighted by Crippen LogP contribution is -2.64. The van der Waals surface area contributed by atoms with Crippen molar-refractivity contribution in [1.29, 1.82) is 0 Å². The molecule has 1 heterocycles. The van der Waals surface area contributed by atoms with Crippen molar-refractivity contribution < 1.29 is 14.3 Å². The zero-order valence-corrected chi connectivity index (χ0v) is 13.5. The summed E-state index contributed by atoms with van der Waals surface area (Å²) in [6.07, 6.45) is 5.54. The van der Waals surface area contributed by atoms with Gasteiger partial charge in [0.2, 0.25) is 0 Å². The van der Waals surface area contributed by atoms with Gasteiger partial charge in [-0.3, -0.25) is 9.59 Å². The predicted molar refractivity (Wildman–Crippen MR) is 81.3 cm³/mol. The molecule has 0 aliphatic carbocycles. The Kier molecular flexibility index (Phi) is 5.37. The van der Waals surface area contributed by atoms with Gasteiger partial charge >= 0.3 is 5.16 Å². The zero-order valence-electron chi connectivity index (χ0n) is 12.7. The summed E-state index contributed by atoms with van der Waals surface area (Å²) >= 11 is 1.27. The fraction of sp³-hybridized carbons (Fsp3) is 0.357. The number of carbonyl (C=O) groups is 2. The van der Waals surface area contributed by atoms with Gasteiger partial charge in [-0.05, 0) is 35.3 Å². The van der Waals surface area contributed by atoms with E-state index in [1.54, 1.807) is 12.5 Å². The molecule has 1 aromatic rings. The van der Waals surface area contributed by atoms with E-state index in [0.29, 0.717) is 10.9 Å². The number of aromatic nitrogens is 3. The van der Waals surface area contributed by atoms with Gasteiger partial charge in [-0.2, -0.15) is 0 Å². The predicted octanol–water partition coefficient (Wildman–Crippen LogP) is 1.15. The Morgan fingerprint density at radius 2 is 1.76 bits per heavy atom. The average molecular weight is 307 g/mol. The Labute approximate surface area is 128 Å². The largest absolute Gasteiger partial charge is 0.409 e. The number of hydrogen-bond acceptors (Lipinski definition) is 5. The molecule has 1 aromatic heterocycles. The summed E-state index contributed by atoms with van der Waals surface area (Å²) in [4.78, 5) is 24.0. The first kappa shape index (κ1) is 17.0. The second kappa shape index (κ2) is 6.62. The van der Waals surface area contributed by atoms with Crippen LogP contribution in [0.5, 0.6) is 0 Å². The van der Waals surface area contributed by atoms with E-state index in [1.165, 1.54) is 16.4 Å². The van der Waals surface area contributed by atoms with E-state index in [2.05, 4.69) is 23.4 Å². The molecule has 0 bridgehead atoms. The Balaban J connectivity index is 3.54. The van der Waals surface area contributed by atoms with Crippen LogP contribution in [0.4, 0.5) is 0 Å². The maximum Gasteiger partial charge on any atom is 0.409 e. The van der Waals surface area contributed by atoms with E-state index in [4.69, 9.17) is 0 Å². The molecule has 0 atom stereocenters. The molecule has 7 heteroatoms. The highest BCUT2D eigenvalue weighted by atomic mass is 32.2. The maximum absolute atomic E-state index is 12.0. The third-order valence-electron chi connectivity index (χ3n) is 2.62. The molecule has 0 saturated heterocycles. The number of carbonyl (C=O) groups excluding carboxylic acids is 2. The first-order valence-electron chi connectivity index (χ1n) is 6.23. The van der Waals surface area contributed by atoms with Crippen LogP contribution in [-0.4, -0.2) is 28.3 Å². The van der Waals surface area contributed by atoms with E-state index in [-0.39, 0.29) is 5.41 Å². The van der Waals surface area contributed by atoms with Crippen LogP contribution in [0, 0.1) is 0 Å². The second-order valence-corrected chi connectivity index (χ2v) is 5.97. The topological polar surface area (TPSA) is 67.0 Å². The van der Waals surface area contributed by atoms with Crippen LogP contribution >= 0.6 is 11.8 Å². The monoisotopic (exact) mass is 307 g/mol. The van der Waals surface area contributed by atoms with Crippen molar-refractivity contribution in [2.75, 3.05) is 11.3 Å². The van der Waals surface area contributed by atoms with Crippen molar-refractivity contribution in [2.24, 2.45) is 0 Å². The SMILES string of the molecule is C=CC(=O)N(C(=O)C=C)[n+]1cc(C(C)(C)C)nnc1SC. The third kappa shape index (κ3) is 3.75. The van der Waals surface area contributed by atoms with Crippen molar-refractivity contribution in [2.45, 2.75) is 31.3 Å². The maximum atomic E-state index is 12.0. The molecule has 0 fully saturated rings. The third-order valence-corrected chi connectivity index (χ3v) is 3.25. The lowest BCUT2D eigenvalue weighted by Gasteiger charge is -2.18. The highest BCUT2D eigenvalue weighted by molar-refractivity contribution is 7.98. The van der Waals surface area contributed by atoms with Crippen LogP contribution in [-0.2, 0) is 15.0 Å². The quantitative estimate of drug-likeness (QED) is 0.474. The summed E-state index contributed by atoms with van der Waals surface area (Å²) in [5, 5.41) is 9.56. The van der Waals surface area contributed by atoms with E-state index in [0.717, 1.165) is 17.2 Å². The van der Waals surface area contributed by atoms with Crippen LogP contribution in [0.25, 0.3) is 0 Å². The molecule has 112 valence electrons. The molecule has 0 aliphatic rings. The lowest BCUT2D eigenvalue weighted by molar-refractivity contribution is -0.715. The molecule has 0 N–H and O–H groups in total. The Bertz CT molecular complexity index is 573. The summed E-state index contributed by atoms with van der Waals surface area (Å²) in [5.74, 6) is -1.12. The summed E-state index contributed by atoms with van der Waals surface area (Å²) in [6.45, 7) is 12.7. The first-order chi connectivity index (χ1) is 9.76. The van der Waals surface area contributed by atoms with Crippen molar-refractivity contribution in [3.05, 3.63) is 37.2 Å².